The summed E-state index contributed by atoms with van der Waals surface area (Å²) in [7, 11) is 0. The zero-order valence-electron chi connectivity index (χ0n) is 12.9. The van der Waals surface area contributed by atoms with Crippen LogP contribution in [-0.2, 0) is 0 Å². The van der Waals surface area contributed by atoms with E-state index in [9.17, 15) is 9.18 Å². The Labute approximate surface area is 134 Å². The minimum Gasteiger partial charge on any atom is -0.494 e. The summed E-state index contributed by atoms with van der Waals surface area (Å²) in [5.41, 5.74) is 1.20. The number of carbonyl (C=O) groups is 1. The molecule has 5 heteroatoms. The molecule has 2 rings (SSSR count). The minimum absolute atomic E-state index is 0.185. The first kappa shape index (κ1) is 16.8. The first-order chi connectivity index (χ1) is 11.1. The maximum atomic E-state index is 13.1. The molecule has 0 aromatic heterocycles. The first-order valence-corrected chi connectivity index (χ1v) is 7.53. The van der Waals surface area contributed by atoms with Crippen LogP contribution in [0.5, 0.6) is 11.5 Å². The van der Waals surface area contributed by atoms with Crippen LogP contribution in [0.15, 0.2) is 42.5 Å². The zero-order chi connectivity index (χ0) is 16.7. The van der Waals surface area contributed by atoms with Crippen molar-refractivity contribution in [2.75, 3.05) is 6.61 Å². The normalized spacial score (nSPS) is 10.3. The zero-order valence-corrected chi connectivity index (χ0v) is 12.9. The van der Waals surface area contributed by atoms with E-state index >= 15 is 0 Å². The van der Waals surface area contributed by atoms with Gasteiger partial charge in [0.1, 0.15) is 17.3 Å². The summed E-state index contributed by atoms with van der Waals surface area (Å²) in [4.78, 5) is 10.8. The molecule has 0 bridgehead atoms. The van der Waals surface area contributed by atoms with Gasteiger partial charge in [0.2, 0.25) is 0 Å². The molecular formula is C18H19FO4. The van der Waals surface area contributed by atoms with Crippen molar-refractivity contribution in [3.8, 4) is 22.6 Å². The van der Waals surface area contributed by atoms with Crippen LogP contribution in [0.1, 0.15) is 26.2 Å². The Morgan fingerprint density at radius 3 is 2.52 bits per heavy atom. The Morgan fingerprint density at radius 1 is 1.13 bits per heavy atom. The Kier molecular flexibility index (Phi) is 5.97. The molecule has 0 unspecified atom stereocenters. The van der Waals surface area contributed by atoms with Crippen molar-refractivity contribution in [1.29, 1.82) is 0 Å². The minimum atomic E-state index is -1.40. The van der Waals surface area contributed by atoms with Crippen LogP contribution in [-0.4, -0.2) is 17.9 Å². The van der Waals surface area contributed by atoms with Crippen molar-refractivity contribution < 1.29 is 23.8 Å². The lowest BCUT2D eigenvalue weighted by atomic mass is 10.0. The van der Waals surface area contributed by atoms with Gasteiger partial charge in [-0.15, -0.1) is 0 Å². The molecule has 0 heterocycles. The fraction of sp³-hybridized carbons (Fsp3) is 0.278. The van der Waals surface area contributed by atoms with E-state index in [0.717, 1.165) is 19.3 Å². The van der Waals surface area contributed by atoms with Crippen LogP contribution in [0.25, 0.3) is 11.1 Å². The number of hydrogen-bond donors (Lipinski definition) is 1. The van der Waals surface area contributed by atoms with E-state index in [1.807, 2.05) is 0 Å². The van der Waals surface area contributed by atoms with E-state index in [-0.39, 0.29) is 11.6 Å². The van der Waals surface area contributed by atoms with Gasteiger partial charge < -0.3 is 14.6 Å². The molecule has 0 atom stereocenters. The maximum Gasteiger partial charge on any atom is 0.511 e. The fourth-order valence-electron chi connectivity index (χ4n) is 2.18. The van der Waals surface area contributed by atoms with E-state index < -0.39 is 6.16 Å². The van der Waals surface area contributed by atoms with Gasteiger partial charge in [0.15, 0.2) is 0 Å². The Balaban J connectivity index is 2.26. The number of hydrogen-bond acceptors (Lipinski definition) is 3. The molecule has 2 aromatic rings. The lowest BCUT2D eigenvalue weighted by Crippen LogP contribution is -2.04. The van der Waals surface area contributed by atoms with Gasteiger partial charge in [-0.25, -0.2) is 9.18 Å². The van der Waals surface area contributed by atoms with Gasteiger partial charge in [-0.3, -0.25) is 0 Å². The second-order valence-corrected chi connectivity index (χ2v) is 5.09. The van der Waals surface area contributed by atoms with Crippen molar-refractivity contribution in [1.82, 2.24) is 0 Å². The molecule has 0 spiro atoms. The highest BCUT2D eigenvalue weighted by molar-refractivity contribution is 5.75. The third kappa shape index (κ3) is 4.98. The van der Waals surface area contributed by atoms with Crippen LogP contribution in [0.2, 0.25) is 0 Å². The molecule has 0 aliphatic carbocycles. The molecule has 0 saturated carbocycles. The van der Waals surface area contributed by atoms with E-state index in [2.05, 4.69) is 6.92 Å². The summed E-state index contributed by atoms with van der Waals surface area (Å²) >= 11 is 0. The molecule has 1 N–H and O–H groups in total. The number of ether oxygens (including phenoxy) is 2. The smallest absolute Gasteiger partial charge is 0.494 e. The second kappa shape index (κ2) is 8.17. The molecule has 0 amide bonds. The topological polar surface area (TPSA) is 55.8 Å². The molecule has 0 radical (unpaired) electrons. The van der Waals surface area contributed by atoms with Crippen molar-refractivity contribution in [3.63, 3.8) is 0 Å². The molecule has 0 fully saturated rings. The van der Waals surface area contributed by atoms with E-state index in [1.165, 1.54) is 12.1 Å². The lowest BCUT2D eigenvalue weighted by molar-refractivity contribution is 0.144. The standard InChI is InChI=1S/C18H19FO4/c1-2-3-4-11-22-15-9-10-17(23-18(20)21)16(12-15)13-5-7-14(19)8-6-13/h5-10,12H,2-4,11H2,1H3,(H,20,21). The average Bonchev–Trinajstić information content (AvgIpc) is 2.53. The highest BCUT2D eigenvalue weighted by Crippen LogP contribution is 2.34. The van der Waals surface area contributed by atoms with Crippen LogP contribution < -0.4 is 9.47 Å². The fourth-order valence-corrected chi connectivity index (χ4v) is 2.18. The van der Waals surface area contributed by atoms with Gasteiger partial charge in [-0.1, -0.05) is 31.9 Å². The Morgan fingerprint density at radius 2 is 1.87 bits per heavy atom. The quantitative estimate of drug-likeness (QED) is 0.437. The summed E-state index contributed by atoms with van der Waals surface area (Å²) in [5, 5.41) is 8.84. The van der Waals surface area contributed by atoms with Gasteiger partial charge in [0.05, 0.1) is 6.61 Å². The van der Waals surface area contributed by atoms with Crippen LogP contribution >= 0.6 is 0 Å². The third-order valence-electron chi connectivity index (χ3n) is 3.32. The van der Waals surface area contributed by atoms with Gasteiger partial charge in [-0.05, 0) is 42.3 Å². The number of benzene rings is 2. The van der Waals surface area contributed by atoms with Crippen LogP contribution in [0, 0.1) is 5.82 Å². The van der Waals surface area contributed by atoms with Gasteiger partial charge in [0, 0.05) is 5.56 Å². The number of rotatable bonds is 7. The molecular weight excluding hydrogens is 299 g/mol. The lowest BCUT2D eigenvalue weighted by Gasteiger charge is -2.12. The second-order valence-electron chi connectivity index (χ2n) is 5.09. The number of carboxylic acid groups (broad SMARTS) is 1. The highest BCUT2D eigenvalue weighted by atomic mass is 19.1. The Hall–Kier alpha value is -2.56. The van der Waals surface area contributed by atoms with Crippen molar-refractivity contribution >= 4 is 6.16 Å². The van der Waals surface area contributed by atoms with Gasteiger partial charge >= 0.3 is 6.16 Å². The van der Waals surface area contributed by atoms with E-state index in [4.69, 9.17) is 14.6 Å². The largest absolute Gasteiger partial charge is 0.511 e. The van der Waals surface area contributed by atoms with E-state index in [0.29, 0.717) is 23.5 Å². The van der Waals surface area contributed by atoms with Crippen LogP contribution in [0.3, 0.4) is 0 Å². The van der Waals surface area contributed by atoms with Crippen molar-refractivity contribution in [3.05, 3.63) is 48.3 Å². The van der Waals surface area contributed by atoms with Gasteiger partial charge in [0.25, 0.3) is 0 Å². The predicted molar refractivity (Wildman–Crippen MR) is 85.5 cm³/mol. The molecule has 122 valence electrons. The summed E-state index contributed by atoms with van der Waals surface area (Å²) in [6.07, 6.45) is 1.75. The van der Waals surface area contributed by atoms with Crippen molar-refractivity contribution in [2.24, 2.45) is 0 Å². The number of halogens is 1. The maximum absolute atomic E-state index is 13.1. The molecule has 2 aromatic carbocycles. The molecule has 4 nitrogen and oxygen atoms in total. The highest BCUT2D eigenvalue weighted by Gasteiger charge is 2.12. The molecule has 0 aliphatic rings. The van der Waals surface area contributed by atoms with Gasteiger partial charge in [-0.2, -0.15) is 0 Å². The molecule has 0 saturated heterocycles. The summed E-state index contributed by atoms with van der Waals surface area (Å²) in [6, 6.07) is 10.7. The Bertz CT molecular complexity index is 653. The van der Waals surface area contributed by atoms with Crippen molar-refractivity contribution in [2.45, 2.75) is 26.2 Å². The summed E-state index contributed by atoms with van der Waals surface area (Å²) < 4.78 is 23.6. The average molecular weight is 318 g/mol. The van der Waals surface area contributed by atoms with E-state index in [1.54, 1.807) is 30.3 Å². The first-order valence-electron chi connectivity index (χ1n) is 7.53. The monoisotopic (exact) mass is 318 g/mol. The number of unbranched alkanes of at least 4 members (excludes halogenated alkanes) is 2. The van der Waals surface area contributed by atoms with Crippen LogP contribution in [0.4, 0.5) is 9.18 Å². The summed E-state index contributed by atoms with van der Waals surface area (Å²) in [6.45, 7) is 2.71. The SMILES string of the molecule is CCCCCOc1ccc(OC(=O)O)c(-c2ccc(F)cc2)c1. The summed E-state index contributed by atoms with van der Waals surface area (Å²) in [5.74, 6) is 0.449. The predicted octanol–water partition coefficient (Wildman–Crippen LogP) is 5.12. The molecule has 23 heavy (non-hydrogen) atoms. The molecule has 0 aliphatic heterocycles. The third-order valence-corrected chi connectivity index (χ3v) is 3.32.